The lowest BCUT2D eigenvalue weighted by Gasteiger charge is -2.03. The van der Waals surface area contributed by atoms with Gasteiger partial charge in [-0.1, -0.05) is 0 Å². The van der Waals surface area contributed by atoms with Crippen LogP contribution < -0.4 is 0 Å². The Balaban J connectivity index is 2.67. The van der Waals surface area contributed by atoms with Crippen molar-refractivity contribution in [3.8, 4) is 0 Å². The van der Waals surface area contributed by atoms with Crippen LogP contribution in [0.5, 0.6) is 0 Å². The molecule has 1 rings (SSSR count). The molecule has 1 heterocycles. The minimum atomic E-state index is -4.46. The molecule has 0 amide bonds. The lowest BCUT2D eigenvalue weighted by atomic mass is 10.3. The Morgan fingerprint density at radius 3 is 2.62 bits per heavy atom. The van der Waals surface area contributed by atoms with Crippen LogP contribution in [0.3, 0.4) is 0 Å². The molecule has 0 saturated heterocycles. The number of nitrogens with zero attached hydrogens (tertiary/aromatic N) is 2. The van der Waals surface area contributed by atoms with Gasteiger partial charge in [-0.25, -0.2) is 0 Å². The molecule has 0 aliphatic carbocycles. The second-order valence-electron chi connectivity index (χ2n) is 3.39. The van der Waals surface area contributed by atoms with E-state index < -0.39 is 17.8 Å². The fourth-order valence-electron chi connectivity index (χ4n) is 1.26. The summed E-state index contributed by atoms with van der Waals surface area (Å²) >= 11 is 0. The van der Waals surface area contributed by atoms with Crippen LogP contribution in [0, 0.1) is 6.92 Å². The summed E-state index contributed by atoms with van der Waals surface area (Å²) in [5, 5.41) is 11.8. The molecule has 90 valence electrons. The number of halogens is 3. The SMILES string of the molecule is Cc1cc(C(F)(F)F)nn1CCCC(=O)O. The van der Waals surface area contributed by atoms with Gasteiger partial charge in [-0.15, -0.1) is 0 Å². The topological polar surface area (TPSA) is 55.1 Å². The first-order valence-electron chi connectivity index (χ1n) is 4.64. The van der Waals surface area contributed by atoms with Crippen molar-refractivity contribution in [2.45, 2.75) is 32.5 Å². The number of aliphatic carboxylic acids is 1. The predicted octanol–water partition coefficient (Wildman–Crippen LogP) is 2.08. The molecular formula is C9H11F3N2O2. The van der Waals surface area contributed by atoms with Crippen molar-refractivity contribution < 1.29 is 23.1 Å². The van der Waals surface area contributed by atoms with Gasteiger partial charge in [-0.2, -0.15) is 18.3 Å². The van der Waals surface area contributed by atoms with Crippen molar-refractivity contribution in [1.82, 2.24) is 9.78 Å². The Morgan fingerprint density at radius 2 is 2.19 bits per heavy atom. The monoisotopic (exact) mass is 236 g/mol. The van der Waals surface area contributed by atoms with Crippen LogP contribution in [0.2, 0.25) is 0 Å². The van der Waals surface area contributed by atoms with Gasteiger partial charge in [-0.3, -0.25) is 9.48 Å². The molecule has 0 aromatic carbocycles. The molecule has 0 unspecified atom stereocenters. The minimum absolute atomic E-state index is 0.0827. The van der Waals surface area contributed by atoms with Crippen LogP contribution in [0.4, 0.5) is 13.2 Å². The highest BCUT2D eigenvalue weighted by atomic mass is 19.4. The first-order valence-corrected chi connectivity index (χ1v) is 4.64. The third kappa shape index (κ3) is 3.25. The number of aromatic nitrogens is 2. The molecule has 0 bridgehead atoms. The third-order valence-corrected chi connectivity index (χ3v) is 2.03. The standard InChI is InChI=1S/C9H11F3N2O2/c1-6-5-7(9(10,11)12)13-14(6)4-2-3-8(15)16/h5H,2-4H2,1H3,(H,15,16). The summed E-state index contributed by atoms with van der Waals surface area (Å²) in [5.41, 5.74) is -0.571. The van der Waals surface area contributed by atoms with Gasteiger partial charge in [0.05, 0.1) is 0 Å². The fourth-order valence-corrected chi connectivity index (χ4v) is 1.26. The molecule has 0 radical (unpaired) electrons. The number of aryl methyl sites for hydroxylation is 2. The highest BCUT2D eigenvalue weighted by Gasteiger charge is 2.34. The second kappa shape index (κ2) is 4.54. The van der Waals surface area contributed by atoms with Gasteiger partial charge in [0.2, 0.25) is 0 Å². The van der Waals surface area contributed by atoms with Gasteiger partial charge in [0.1, 0.15) is 0 Å². The predicted molar refractivity (Wildman–Crippen MR) is 48.8 cm³/mol. The van der Waals surface area contributed by atoms with Crippen molar-refractivity contribution in [1.29, 1.82) is 0 Å². The van der Waals surface area contributed by atoms with Crippen LogP contribution in [-0.2, 0) is 17.5 Å². The molecule has 0 aliphatic heterocycles. The molecule has 16 heavy (non-hydrogen) atoms. The maximum atomic E-state index is 12.3. The Hall–Kier alpha value is -1.53. The number of alkyl halides is 3. The number of hydrogen-bond acceptors (Lipinski definition) is 2. The molecule has 0 fully saturated rings. The lowest BCUT2D eigenvalue weighted by molar-refractivity contribution is -0.141. The largest absolute Gasteiger partial charge is 0.481 e. The highest BCUT2D eigenvalue weighted by molar-refractivity contribution is 5.66. The maximum absolute atomic E-state index is 12.3. The Labute approximate surface area is 89.7 Å². The van der Waals surface area contributed by atoms with E-state index in [0.717, 1.165) is 6.07 Å². The molecule has 0 atom stereocenters. The summed E-state index contributed by atoms with van der Waals surface area (Å²) in [6.45, 7) is 1.68. The summed E-state index contributed by atoms with van der Waals surface area (Å²) in [5.74, 6) is -0.971. The number of rotatable bonds is 4. The molecule has 7 heteroatoms. The molecule has 0 spiro atoms. The van der Waals surface area contributed by atoms with Gasteiger partial charge in [0.25, 0.3) is 0 Å². The lowest BCUT2D eigenvalue weighted by Crippen LogP contribution is -2.09. The van der Waals surface area contributed by atoms with Gasteiger partial charge in [0, 0.05) is 18.7 Å². The fraction of sp³-hybridized carbons (Fsp3) is 0.556. The Kier molecular flexibility index (Phi) is 3.56. The van der Waals surface area contributed by atoms with Crippen LogP contribution in [-0.4, -0.2) is 20.9 Å². The summed E-state index contributed by atoms with van der Waals surface area (Å²) in [4.78, 5) is 10.2. The van der Waals surface area contributed by atoms with E-state index in [4.69, 9.17) is 5.11 Å². The van der Waals surface area contributed by atoms with E-state index in [-0.39, 0.29) is 19.4 Å². The van der Waals surface area contributed by atoms with Crippen LogP contribution >= 0.6 is 0 Å². The van der Waals surface area contributed by atoms with E-state index in [1.807, 2.05) is 0 Å². The van der Waals surface area contributed by atoms with Crippen molar-refractivity contribution >= 4 is 5.97 Å². The van der Waals surface area contributed by atoms with Gasteiger partial charge in [-0.05, 0) is 19.4 Å². The van der Waals surface area contributed by atoms with E-state index in [0.29, 0.717) is 5.69 Å². The summed E-state index contributed by atoms with van der Waals surface area (Å²) < 4.78 is 38.0. The van der Waals surface area contributed by atoms with E-state index in [2.05, 4.69) is 5.10 Å². The van der Waals surface area contributed by atoms with E-state index in [9.17, 15) is 18.0 Å². The zero-order valence-electron chi connectivity index (χ0n) is 8.58. The van der Waals surface area contributed by atoms with E-state index in [1.54, 1.807) is 0 Å². The molecule has 1 aromatic rings. The van der Waals surface area contributed by atoms with Crippen LogP contribution in [0.1, 0.15) is 24.2 Å². The zero-order chi connectivity index (χ0) is 12.3. The average molecular weight is 236 g/mol. The van der Waals surface area contributed by atoms with Crippen molar-refractivity contribution in [3.63, 3.8) is 0 Å². The first-order chi connectivity index (χ1) is 7.30. The van der Waals surface area contributed by atoms with Crippen LogP contribution in [0.25, 0.3) is 0 Å². The molecule has 1 N–H and O–H groups in total. The van der Waals surface area contributed by atoms with Crippen molar-refractivity contribution in [3.05, 3.63) is 17.5 Å². The van der Waals surface area contributed by atoms with Crippen LogP contribution in [0.15, 0.2) is 6.07 Å². The molecule has 1 aromatic heterocycles. The third-order valence-electron chi connectivity index (χ3n) is 2.03. The van der Waals surface area contributed by atoms with E-state index in [1.165, 1.54) is 11.6 Å². The minimum Gasteiger partial charge on any atom is -0.481 e. The van der Waals surface area contributed by atoms with E-state index >= 15 is 0 Å². The van der Waals surface area contributed by atoms with Crippen molar-refractivity contribution in [2.75, 3.05) is 0 Å². The highest BCUT2D eigenvalue weighted by Crippen LogP contribution is 2.28. The number of carbonyl (C=O) groups is 1. The molecule has 0 saturated carbocycles. The average Bonchev–Trinajstić information content (AvgIpc) is 2.46. The van der Waals surface area contributed by atoms with Gasteiger partial charge >= 0.3 is 12.1 Å². The number of carboxylic acids is 1. The summed E-state index contributed by atoms with van der Waals surface area (Å²) in [7, 11) is 0. The quantitative estimate of drug-likeness (QED) is 0.870. The molecule has 4 nitrogen and oxygen atoms in total. The van der Waals surface area contributed by atoms with Gasteiger partial charge < -0.3 is 5.11 Å². The molecule has 0 aliphatic rings. The number of carboxylic acid groups (broad SMARTS) is 1. The summed E-state index contributed by atoms with van der Waals surface area (Å²) in [6.07, 6.45) is -4.28. The first kappa shape index (κ1) is 12.5. The molecular weight excluding hydrogens is 225 g/mol. The number of hydrogen-bond donors (Lipinski definition) is 1. The summed E-state index contributed by atoms with van der Waals surface area (Å²) in [6, 6.07) is 0.945. The zero-order valence-corrected chi connectivity index (χ0v) is 8.58. The Morgan fingerprint density at radius 1 is 1.56 bits per heavy atom. The van der Waals surface area contributed by atoms with Crippen molar-refractivity contribution in [2.24, 2.45) is 0 Å². The second-order valence-corrected chi connectivity index (χ2v) is 3.39. The maximum Gasteiger partial charge on any atom is 0.435 e. The van der Waals surface area contributed by atoms with Gasteiger partial charge in [0.15, 0.2) is 5.69 Å². The normalized spacial score (nSPS) is 11.8. The smallest absolute Gasteiger partial charge is 0.435 e. The Bertz CT molecular complexity index is 385.